The van der Waals surface area contributed by atoms with Crippen molar-refractivity contribution in [2.45, 2.75) is 39.3 Å². The second-order valence-corrected chi connectivity index (χ2v) is 6.94. The van der Waals surface area contributed by atoms with E-state index in [1.807, 2.05) is 35.2 Å². The third kappa shape index (κ3) is 2.92. The Kier molecular flexibility index (Phi) is 4.03. The van der Waals surface area contributed by atoms with Gasteiger partial charge in [-0.2, -0.15) is 5.10 Å². The summed E-state index contributed by atoms with van der Waals surface area (Å²) in [6, 6.07) is 10.1. The maximum absolute atomic E-state index is 12.8. The van der Waals surface area contributed by atoms with Gasteiger partial charge in [0.25, 0.3) is 5.91 Å². The van der Waals surface area contributed by atoms with Crippen molar-refractivity contribution < 1.29 is 9.63 Å². The van der Waals surface area contributed by atoms with E-state index in [-0.39, 0.29) is 5.91 Å². The standard InChI is InChI=1S/C19H22N4O2/c1-12(2)16-10-17(25-22-16)19(24)23-9-8-15-14(11-23)18(21-20-15)13-6-4-3-5-7-13/h3-7,12,17H,8-11H2,1-2H3,(H,20,21)/t17-/m1/s1. The summed E-state index contributed by atoms with van der Waals surface area (Å²) in [5.74, 6) is 0.328. The molecule has 2 aliphatic heterocycles. The third-order valence-corrected chi connectivity index (χ3v) is 4.93. The van der Waals surface area contributed by atoms with Crippen molar-refractivity contribution in [3.8, 4) is 11.3 Å². The van der Waals surface area contributed by atoms with E-state index in [2.05, 4.69) is 29.2 Å². The maximum atomic E-state index is 12.8. The Morgan fingerprint density at radius 2 is 2.12 bits per heavy atom. The molecule has 1 aromatic carbocycles. The summed E-state index contributed by atoms with van der Waals surface area (Å²) in [7, 11) is 0. The van der Waals surface area contributed by atoms with Crippen molar-refractivity contribution in [1.29, 1.82) is 0 Å². The zero-order valence-corrected chi connectivity index (χ0v) is 14.5. The van der Waals surface area contributed by atoms with Crippen LogP contribution in [0.3, 0.4) is 0 Å². The fourth-order valence-corrected chi connectivity index (χ4v) is 3.39. The Hall–Kier alpha value is -2.63. The molecule has 1 N–H and O–H groups in total. The molecule has 0 spiro atoms. The number of fused-ring (bicyclic) bond motifs is 1. The molecule has 0 unspecified atom stereocenters. The van der Waals surface area contributed by atoms with Crippen LogP contribution in [0.15, 0.2) is 35.5 Å². The van der Waals surface area contributed by atoms with Gasteiger partial charge < -0.3 is 9.74 Å². The number of carbonyl (C=O) groups is 1. The lowest BCUT2D eigenvalue weighted by Crippen LogP contribution is -2.42. The topological polar surface area (TPSA) is 70.6 Å². The quantitative estimate of drug-likeness (QED) is 0.935. The first-order valence-corrected chi connectivity index (χ1v) is 8.76. The molecule has 0 fully saturated rings. The summed E-state index contributed by atoms with van der Waals surface area (Å²) in [5.41, 5.74) is 5.18. The van der Waals surface area contributed by atoms with E-state index in [1.165, 1.54) is 0 Å². The Balaban J connectivity index is 1.52. The molecule has 25 heavy (non-hydrogen) atoms. The van der Waals surface area contributed by atoms with Gasteiger partial charge in [0.05, 0.1) is 11.4 Å². The second-order valence-electron chi connectivity index (χ2n) is 6.94. The van der Waals surface area contributed by atoms with Crippen molar-refractivity contribution in [1.82, 2.24) is 15.1 Å². The zero-order valence-electron chi connectivity index (χ0n) is 14.5. The van der Waals surface area contributed by atoms with Gasteiger partial charge in [-0.25, -0.2) is 0 Å². The van der Waals surface area contributed by atoms with Gasteiger partial charge in [-0.15, -0.1) is 0 Å². The Morgan fingerprint density at radius 1 is 1.32 bits per heavy atom. The molecular formula is C19H22N4O2. The van der Waals surface area contributed by atoms with Gasteiger partial charge in [0.1, 0.15) is 0 Å². The minimum atomic E-state index is -0.481. The van der Waals surface area contributed by atoms with Crippen LogP contribution in [0.1, 0.15) is 31.5 Å². The van der Waals surface area contributed by atoms with Crippen LogP contribution in [0, 0.1) is 5.92 Å². The highest BCUT2D eigenvalue weighted by molar-refractivity contribution is 5.94. The third-order valence-electron chi connectivity index (χ3n) is 4.93. The molecule has 0 aliphatic carbocycles. The number of rotatable bonds is 3. The number of aromatic nitrogens is 2. The van der Waals surface area contributed by atoms with Gasteiger partial charge in [-0.3, -0.25) is 9.89 Å². The average molecular weight is 338 g/mol. The summed E-state index contributed by atoms with van der Waals surface area (Å²) in [5, 5.41) is 11.7. The number of hydrogen-bond acceptors (Lipinski definition) is 4. The van der Waals surface area contributed by atoms with E-state index >= 15 is 0 Å². The number of carbonyl (C=O) groups excluding carboxylic acids is 1. The molecule has 130 valence electrons. The number of H-pyrrole nitrogens is 1. The van der Waals surface area contributed by atoms with E-state index in [4.69, 9.17) is 4.84 Å². The monoisotopic (exact) mass is 338 g/mol. The fourth-order valence-electron chi connectivity index (χ4n) is 3.39. The van der Waals surface area contributed by atoms with Crippen LogP contribution in [0.5, 0.6) is 0 Å². The van der Waals surface area contributed by atoms with Crippen molar-refractivity contribution in [2.75, 3.05) is 6.54 Å². The Morgan fingerprint density at radius 3 is 2.84 bits per heavy atom. The van der Waals surface area contributed by atoms with Gasteiger partial charge in [0.2, 0.25) is 6.10 Å². The highest BCUT2D eigenvalue weighted by atomic mass is 16.6. The summed E-state index contributed by atoms with van der Waals surface area (Å²) < 4.78 is 0. The first-order valence-electron chi connectivity index (χ1n) is 8.76. The second kappa shape index (κ2) is 6.35. The van der Waals surface area contributed by atoms with Crippen molar-refractivity contribution in [2.24, 2.45) is 11.1 Å². The molecule has 6 nitrogen and oxygen atoms in total. The van der Waals surface area contributed by atoms with Gasteiger partial charge >= 0.3 is 0 Å². The van der Waals surface area contributed by atoms with Crippen LogP contribution in [-0.2, 0) is 22.6 Å². The minimum absolute atomic E-state index is 0.0188. The number of aromatic amines is 1. The van der Waals surface area contributed by atoms with E-state index in [0.717, 1.165) is 34.6 Å². The highest BCUT2D eigenvalue weighted by Gasteiger charge is 2.35. The molecule has 1 atom stereocenters. The lowest BCUT2D eigenvalue weighted by atomic mass is 9.99. The van der Waals surface area contributed by atoms with Crippen LogP contribution in [-0.4, -0.2) is 39.4 Å². The number of nitrogens with one attached hydrogen (secondary N) is 1. The number of amides is 1. The number of oxime groups is 1. The van der Waals surface area contributed by atoms with E-state index < -0.39 is 6.10 Å². The van der Waals surface area contributed by atoms with Gasteiger partial charge in [-0.05, 0) is 5.92 Å². The fraction of sp³-hybridized carbons (Fsp3) is 0.421. The minimum Gasteiger partial charge on any atom is -0.382 e. The predicted molar refractivity (Wildman–Crippen MR) is 94.9 cm³/mol. The molecule has 4 rings (SSSR count). The average Bonchev–Trinajstić information content (AvgIpc) is 3.28. The SMILES string of the molecule is CC(C)C1=NO[C@@H](C(=O)N2CCc3[nH]nc(-c4ccccc4)c3C2)C1. The lowest BCUT2D eigenvalue weighted by molar-refractivity contribution is -0.143. The summed E-state index contributed by atoms with van der Waals surface area (Å²) in [4.78, 5) is 20.1. The van der Waals surface area contributed by atoms with Crippen LogP contribution >= 0.6 is 0 Å². The van der Waals surface area contributed by atoms with Crippen LogP contribution in [0.2, 0.25) is 0 Å². The molecule has 0 saturated carbocycles. The molecule has 1 amide bonds. The summed E-state index contributed by atoms with van der Waals surface area (Å²) in [6.07, 6.45) is 0.897. The van der Waals surface area contributed by atoms with Gasteiger partial charge in [-0.1, -0.05) is 49.3 Å². The smallest absolute Gasteiger partial charge is 0.267 e. The van der Waals surface area contributed by atoms with Gasteiger partial charge in [0.15, 0.2) is 0 Å². The number of benzene rings is 1. The van der Waals surface area contributed by atoms with E-state index in [9.17, 15) is 4.79 Å². The molecule has 6 heteroatoms. The molecule has 1 aromatic heterocycles. The van der Waals surface area contributed by atoms with Crippen molar-refractivity contribution in [3.05, 3.63) is 41.6 Å². The predicted octanol–water partition coefficient (Wildman–Crippen LogP) is 2.76. The Labute approximate surface area is 146 Å². The summed E-state index contributed by atoms with van der Waals surface area (Å²) in [6.45, 7) is 5.38. The van der Waals surface area contributed by atoms with Crippen molar-refractivity contribution in [3.63, 3.8) is 0 Å². The molecule has 3 heterocycles. The van der Waals surface area contributed by atoms with E-state index in [1.54, 1.807) is 0 Å². The number of nitrogens with zero attached hydrogens (tertiary/aromatic N) is 3. The van der Waals surface area contributed by atoms with Crippen LogP contribution in [0.4, 0.5) is 0 Å². The molecule has 2 aliphatic rings. The molecular weight excluding hydrogens is 316 g/mol. The lowest BCUT2D eigenvalue weighted by Gasteiger charge is -2.28. The molecule has 0 radical (unpaired) electrons. The van der Waals surface area contributed by atoms with E-state index in [0.29, 0.717) is 25.4 Å². The first kappa shape index (κ1) is 15.9. The normalized spacial score (nSPS) is 19.6. The largest absolute Gasteiger partial charge is 0.382 e. The highest BCUT2D eigenvalue weighted by Crippen LogP contribution is 2.29. The zero-order chi connectivity index (χ0) is 17.4. The first-order chi connectivity index (χ1) is 12.1. The van der Waals surface area contributed by atoms with Crippen LogP contribution in [0.25, 0.3) is 11.3 Å². The molecule has 0 saturated heterocycles. The molecule has 2 aromatic rings. The molecule has 0 bridgehead atoms. The van der Waals surface area contributed by atoms with Crippen molar-refractivity contribution >= 4 is 11.6 Å². The summed E-state index contributed by atoms with van der Waals surface area (Å²) >= 11 is 0. The number of hydrogen-bond donors (Lipinski definition) is 1. The van der Waals surface area contributed by atoms with Crippen LogP contribution < -0.4 is 0 Å². The van der Waals surface area contributed by atoms with Gasteiger partial charge in [0, 0.05) is 42.8 Å². The Bertz CT molecular complexity index is 810. The maximum Gasteiger partial charge on any atom is 0.267 e.